The van der Waals surface area contributed by atoms with E-state index in [4.69, 9.17) is 9.47 Å². The Balaban J connectivity index is 0.00000480. The molecule has 5 aromatic rings. The van der Waals surface area contributed by atoms with E-state index in [2.05, 4.69) is 44.9 Å². The maximum absolute atomic E-state index is 15.1. The third-order valence-corrected chi connectivity index (χ3v) is 9.42. The monoisotopic (exact) mass is 662 g/mol. The third-order valence-electron chi connectivity index (χ3n) is 8.11. The van der Waals surface area contributed by atoms with Crippen LogP contribution in [0.1, 0.15) is 62.0 Å². The number of unbranched alkanes of at least 4 members (excludes halogenated alkanes) is 1. The molecule has 2 aromatic heterocycles. The molecule has 0 saturated carbocycles. The number of ether oxygens (including phenoxy) is 2. The van der Waals surface area contributed by atoms with E-state index in [0.29, 0.717) is 36.2 Å². The van der Waals surface area contributed by atoms with Crippen LogP contribution in [0, 0.1) is 11.7 Å². The predicted molar refractivity (Wildman–Crippen MR) is 191 cm³/mol. The summed E-state index contributed by atoms with van der Waals surface area (Å²) in [7, 11) is 3.75. The van der Waals surface area contributed by atoms with Gasteiger partial charge in [-0.25, -0.2) is 4.39 Å². The standard InChI is InChI=1S/C38H43FN2O3S.ClH/c1-6-7-21-44-36(26(2)3)31-25-41(23-28-17-11-13-19-32(28)39)38-34(35(31)42)30(24-40(4)22-27-15-9-8-10-16-27)37(45-38)29-18-12-14-20-33(29)43-5;/h8-20,25-26,36H,6-7,21-24H2,1-5H3;1H. The molecule has 0 spiro atoms. The molecule has 0 bridgehead atoms. The number of hydrogen-bond acceptors (Lipinski definition) is 5. The van der Waals surface area contributed by atoms with Crippen molar-refractivity contribution in [1.29, 1.82) is 0 Å². The number of halogens is 2. The number of pyridine rings is 1. The molecule has 2 heterocycles. The van der Waals surface area contributed by atoms with Gasteiger partial charge < -0.3 is 14.0 Å². The smallest absolute Gasteiger partial charge is 0.196 e. The Bertz CT molecular complexity index is 1790. The second kappa shape index (κ2) is 16.4. The quantitative estimate of drug-likeness (QED) is 0.111. The minimum absolute atomic E-state index is 0. The van der Waals surface area contributed by atoms with E-state index in [-0.39, 0.29) is 35.7 Å². The Morgan fingerprint density at radius 2 is 1.65 bits per heavy atom. The number of aromatic nitrogens is 1. The number of methoxy groups -OCH3 is 1. The molecule has 8 heteroatoms. The highest BCUT2D eigenvalue weighted by Crippen LogP contribution is 2.43. The Labute approximate surface area is 282 Å². The van der Waals surface area contributed by atoms with Crippen LogP contribution in [0.15, 0.2) is 89.9 Å². The van der Waals surface area contributed by atoms with Crippen LogP contribution in [0.5, 0.6) is 5.75 Å². The highest BCUT2D eigenvalue weighted by atomic mass is 35.5. The molecule has 0 fully saturated rings. The average Bonchev–Trinajstić information content (AvgIpc) is 3.41. The number of benzene rings is 3. The minimum Gasteiger partial charge on any atom is -0.496 e. The van der Waals surface area contributed by atoms with E-state index in [0.717, 1.165) is 46.0 Å². The summed E-state index contributed by atoms with van der Waals surface area (Å²) in [6.45, 7) is 8.44. The van der Waals surface area contributed by atoms with E-state index >= 15 is 4.39 Å². The van der Waals surface area contributed by atoms with E-state index in [1.165, 1.54) is 11.6 Å². The zero-order chi connectivity index (χ0) is 31.9. The molecule has 0 saturated heterocycles. The molecule has 0 aliphatic heterocycles. The molecule has 46 heavy (non-hydrogen) atoms. The maximum atomic E-state index is 15.1. The van der Waals surface area contributed by atoms with Gasteiger partial charge in [0.1, 0.15) is 16.4 Å². The first kappa shape index (κ1) is 35.4. The molecule has 0 amide bonds. The lowest BCUT2D eigenvalue weighted by Gasteiger charge is -2.23. The van der Waals surface area contributed by atoms with Gasteiger partial charge in [-0.15, -0.1) is 23.7 Å². The first-order valence-corrected chi connectivity index (χ1v) is 16.5. The summed E-state index contributed by atoms with van der Waals surface area (Å²) >= 11 is 1.56. The Morgan fingerprint density at radius 1 is 0.957 bits per heavy atom. The average molecular weight is 663 g/mol. The second-order valence-corrected chi connectivity index (χ2v) is 13.0. The van der Waals surface area contributed by atoms with Crippen LogP contribution in [-0.2, 0) is 24.4 Å². The fourth-order valence-electron chi connectivity index (χ4n) is 5.87. The van der Waals surface area contributed by atoms with Crippen LogP contribution in [-0.4, -0.2) is 30.2 Å². The van der Waals surface area contributed by atoms with Gasteiger partial charge in [-0.05, 0) is 48.7 Å². The number of fused-ring (bicyclic) bond motifs is 1. The molecule has 0 aliphatic rings. The van der Waals surface area contributed by atoms with Gasteiger partial charge in [-0.3, -0.25) is 9.69 Å². The fraction of sp³-hybridized carbons (Fsp3) is 0.342. The maximum Gasteiger partial charge on any atom is 0.196 e. The number of thiophene rings is 1. The Morgan fingerprint density at radius 3 is 2.35 bits per heavy atom. The van der Waals surface area contributed by atoms with Gasteiger partial charge >= 0.3 is 0 Å². The van der Waals surface area contributed by atoms with Gasteiger partial charge in [0.25, 0.3) is 0 Å². The lowest BCUT2D eigenvalue weighted by atomic mass is 9.97. The molecule has 244 valence electrons. The van der Waals surface area contributed by atoms with Gasteiger partial charge in [0.15, 0.2) is 5.43 Å². The SMILES string of the molecule is CCCCOC(c1cn(Cc2ccccc2F)c2sc(-c3ccccc3OC)c(CN(C)Cc3ccccc3)c2c1=O)C(C)C.Cl. The van der Waals surface area contributed by atoms with Crippen molar-refractivity contribution in [2.45, 2.75) is 59.4 Å². The Kier molecular flexibility index (Phi) is 12.6. The molecule has 1 unspecified atom stereocenters. The third kappa shape index (κ3) is 7.89. The number of hydrogen-bond donors (Lipinski definition) is 0. The first-order chi connectivity index (χ1) is 21.8. The predicted octanol–water partition coefficient (Wildman–Crippen LogP) is 9.49. The van der Waals surface area contributed by atoms with Gasteiger partial charge in [0.05, 0.1) is 25.1 Å². The molecule has 3 aromatic carbocycles. The summed E-state index contributed by atoms with van der Waals surface area (Å²) in [6, 6.07) is 25.1. The zero-order valence-electron chi connectivity index (χ0n) is 27.3. The summed E-state index contributed by atoms with van der Waals surface area (Å²) < 4.78 is 29.3. The minimum atomic E-state index is -0.384. The van der Waals surface area contributed by atoms with Crippen LogP contribution in [0.2, 0.25) is 0 Å². The summed E-state index contributed by atoms with van der Waals surface area (Å²) in [5, 5.41) is 0.666. The van der Waals surface area contributed by atoms with Gasteiger partial charge in [-0.1, -0.05) is 87.9 Å². The summed E-state index contributed by atoms with van der Waals surface area (Å²) in [4.78, 5) is 18.8. The van der Waals surface area contributed by atoms with Crippen LogP contribution in [0.25, 0.3) is 20.7 Å². The van der Waals surface area contributed by atoms with Gasteiger partial charge in [0.2, 0.25) is 0 Å². The molecule has 0 aliphatic carbocycles. The number of nitrogens with zero attached hydrogens (tertiary/aromatic N) is 2. The van der Waals surface area contributed by atoms with Crippen molar-refractivity contribution in [3.63, 3.8) is 0 Å². The normalized spacial score (nSPS) is 12.1. The molecular formula is C38H44ClFN2O3S. The fourth-order valence-corrected chi connectivity index (χ4v) is 7.18. The molecular weight excluding hydrogens is 619 g/mol. The van der Waals surface area contributed by atoms with Crippen molar-refractivity contribution >= 4 is 34.0 Å². The molecule has 1 atom stereocenters. The van der Waals surface area contributed by atoms with Crippen LogP contribution in [0.3, 0.4) is 0 Å². The van der Waals surface area contributed by atoms with Crippen LogP contribution in [0.4, 0.5) is 4.39 Å². The summed E-state index contributed by atoms with van der Waals surface area (Å²) in [5.41, 5.74) is 4.23. The Hall–Kier alpha value is -3.49. The van der Waals surface area contributed by atoms with Crippen molar-refractivity contribution in [1.82, 2.24) is 9.47 Å². The largest absolute Gasteiger partial charge is 0.496 e. The van der Waals surface area contributed by atoms with E-state index in [9.17, 15) is 4.79 Å². The molecule has 5 nitrogen and oxygen atoms in total. The lowest BCUT2D eigenvalue weighted by Crippen LogP contribution is -2.24. The summed E-state index contributed by atoms with van der Waals surface area (Å²) in [5.74, 6) is 0.549. The van der Waals surface area contributed by atoms with Crippen molar-refractivity contribution in [3.05, 3.63) is 123 Å². The first-order valence-electron chi connectivity index (χ1n) is 15.7. The summed E-state index contributed by atoms with van der Waals surface area (Å²) in [6.07, 6.45) is 3.45. The van der Waals surface area contributed by atoms with E-state index < -0.39 is 0 Å². The highest BCUT2D eigenvalue weighted by molar-refractivity contribution is 7.22. The van der Waals surface area contributed by atoms with E-state index in [1.807, 2.05) is 59.3 Å². The number of rotatable bonds is 14. The highest BCUT2D eigenvalue weighted by Gasteiger charge is 2.28. The van der Waals surface area contributed by atoms with Crippen LogP contribution < -0.4 is 10.2 Å². The van der Waals surface area contributed by atoms with Gasteiger partial charge in [0, 0.05) is 47.5 Å². The molecule has 0 N–H and O–H groups in total. The van der Waals surface area contributed by atoms with Crippen LogP contribution >= 0.6 is 23.7 Å². The van der Waals surface area contributed by atoms with Gasteiger partial charge in [-0.2, -0.15) is 0 Å². The molecule has 0 radical (unpaired) electrons. The van der Waals surface area contributed by atoms with Crippen molar-refractivity contribution in [2.75, 3.05) is 20.8 Å². The lowest BCUT2D eigenvalue weighted by molar-refractivity contribution is 0.0185. The topological polar surface area (TPSA) is 43.7 Å². The van der Waals surface area contributed by atoms with E-state index in [1.54, 1.807) is 30.6 Å². The zero-order valence-corrected chi connectivity index (χ0v) is 28.9. The van der Waals surface area contributed by atoms with Crippen molar-refractivity contribution < 1.29 is 13.9 Å². The second-order valence-electron chi connectivity index (χ2n) is 12.0. The van der Waals surface area contributed by atoms with Crippen molar-refractivity contribution in [2.24, 2.45) is 5.92 Å². The molecule has 5 rings (SSSR count). The number of para-hydroxylation sites is 1. The van der Waals surface area contributed by atoms with Crippen molar-refractivity contribution in [3.8, 4) is 16.2 Å².